The van der Waals surface area contributed by atoms with Crippen LogP contribution in [0.4, 0.5) is 0 Å². The molecule has 1 aromatic heterocycles. The molecule has 1 spiro atoms. The van der Waals surface area contributed by atoms with Crippen molar-refractivity contribution in [2.24, 2.45) is 11.8 Å². The molecule has 0 aromatic carbocycles. The number of esters is 1. The predicted octanol–water partition coefficient (Wildman–Crippen LogP) is 1.12. The largest absolute Gasteiger partial charge is 0.467 e. The predicted molar refractivity (Wildman–Crippen MR) is 74.5 cm³/mol. The van der Waals surface area contributed by atoms with Crippen LogP contribution in [0.15, 0.2) is 35.0 Å². The van der Waals surface area contributed by atoms with E-state index in [1.54, 1.807) is 24.2 Å². The molecule has 2 fully saturated rings. The minimum Gasteiger partial charge on any atom is -0.467 e. The molecule has 0 radical (unpaired) electrons. The third kappa shape index (κ3) is 1.76. The zero-order valence-electron chi connectivity index (χ0n) is 12.2. The van der Waals surface area contributed by atoms with Crippen LogP contribution >= 0.6 is 0 Å². The van der Waals surface area contributed by atoms with Crippen molar-refractivity contribution in [3.8, 4) is 0 Å². The molecule has 0 aliphatic carbocycles. The van der Waals surface area contributed by atoms with Crippen molar-refractivity contribution in [3.63, 3.8) is 0 Å². The molecule has 22 heavy (non-hydrogen) atoms. The average Bonchev–Trinajstić information content (AvgIpc) is 3.23. The number of rotatable bonds is 4. The zero-order chi connectivity index (χ0) is 15.3. The van der Waals surface area contributed by atoms with Crippen molar-refractivity contribution in [2.75, 3.05) is 13.2 Å². The molecule has 6 heteroatoms. The summed E-state index contributed by atoms with van der Waals surface area (Å²) in [5, 5.41) is 0. The number of carbonyl (C=O) groups excluding carboxylic acids is 2. The summed E-state index contributed by atoms with van der Waals surface area (Å²) >= 11 is 0. The van der Waals surface area contributed by atoms with Crippen LogP contribution in [0.1, 0.15) is 12.7 Å². The molecule has 3 aliphatic heterocycles. The van der Waals surface area contributed by atoms with Gasteiger partial charge in [-0.1, -0.05) is 12.2 Å². The second-order valence-corrected chi connectivity index (χ2v) is 5.93. The van der Waals surface area contributed by atoms with Gasteiger partial charge in [0.1, 0.15) is 17.3 Å². The van der Waals surface area contributed by atoms with Gasteiger partial charge in [-0.05, 0) is 19.1 Å². The van der Waals surface area contributed by atoms with Crippen LogP contribution in [-0.4, -0.2) is 41.6 Å². The molecule has 116 valence electrons. The number of furan rings is 1. The molecule has 1 amide bonds. The Kier molecular flexibility index (Phi) is 2.91. The fraction of sp³-hybridized carbons (Fsp3) is 0.500. The van der Waals surface area contributed by atoms with Gasteiger partial charge in [-0.15, -0.1) is 0 Å². The SMILES string of the molecule is CCOC(=O)[C@@H]1[C@H]2C(=O)N(Cc3ccco3)C[C@@]23C=C[C@H]1O3. The van der Waals surface area contributed by atoms with Gasteiger partial charge in [-0.3, -0.25) is 9.59 Å². The van der Waals surface area contributed by atoms with Crippen molar-refractivity contribution >= 4 is 11.9 Å². The van der Waals surface area contributed by atoms with Gasteiger partial charge in [-0.2, -0.15) is 0 Å². The zero-order valence-corrected chi connectivity index (χ0v) is 12.2. The van der Waals surface area contributed by atoms with Gasteiger partial charge in [0, 0.05) is 0 Å². The third-order valence-corrected chi connectivity index (χ3v) is 4.66. The van der Waals surface area contributed by atoms with Crippen molar-refractivity contribution in [2.45, 2.75) is 25.2 Å². The van der Waals surface area contributed by atoms with E-state index in [1.807, 2.05) is 18.2 Å². The van der Waals surface area contributed by atoms with Gasteiger partial charge in [-0.25, -0.2) is 0 Å². The normalized spacial score (nSPS) is 35.2. The lowest BCUT2D eigenvalue weighted by atomic mass is 9.77. The summed E-state index contributed by atoms with van der Waals surface area (Å²) in [6, 6.07) is 3.62. The van der Waals surface area contributed by atoms with Crippen molar-refractivity contribution in [1.82, 2.24) is 4.90 Å². The van der Waals surface area contributed by atoms with Gasteiger partial charge in [0.15, 0.2) is 0 Å². The van der Waals surface area contributed by atoms with Gasteiger partial charge in [0.2, 0.25) is 5.91 Å². The molecule has 1 aromatic rings. The Morgan fingerprint density at radius 2 is 2.41 bits per heavy atom. The molecule has 2 saturated heterocycles. The summed E-state index contributed by atoms with van der Waals surface area (Å²) in [7, 11) is 0. The first-order valence-electron chi connectivity index (χ1n) is 7.49. The lowest BCUT2D eigenvalue weighted by Crippen LogP contribution is -2.39. The number of carbonyl (C=O) groups is 2. The highest BCUT2D eigenvalue weighted by Crippen LogP contribution is 2.52. The molecule has 6 nitrogen and oxygen atoms in total. The van der Waals surface area contributed by atoms with E-state index >= 15 is 0 Å². The molecule has 2 bridgehead atoms. The number of amides is 1. The monoisotopic (exact) mass is 303 g/mol. The smallest absolute Gasteiger partial charge is 0.312 e. The minimum absolute atomic E-state index is 0.0682. The Labute approximate surface area is 127 Å². The first-order chi connectivity index (χ1) is 10.6. The molecule has 3 aliphatic rings. The maximum absolute atomic E-state index is 12.8. The second-order valence-electron chi connectivity index (χ2n) is 5.93. The minimum atomic E-state index is -0.689. The van der Waals surface area contributed by atoms with E-state index in [0.717, 1.165) is 5.76 Å². The van der Waals surface area contributed by atoms with E-state index in [4.69, 9.17) is 13.9 Å². The van der Waals surface area contributed by atoms with Crippen LogP contribution in [-0.2, 0) is 25.6 Å². The number of likely N-dealkylation sites (tertiary alicyclic amines) is 1. The Morgan fingerprint density at radius 1 is 1.55 bits per heavy atom. The number of hydrogen-bond donors (Lipinski definition) is 0. The maximum Gasteiger partial charge on any atom is 0.312 e. The summed E-state index contributed by atoms with van der Waals surface area (Å²) < 4.78 is 16.4. The van der Waals surface area contributed by atoms with Crippen molar-refractivity contribution < 1.29 is 23.5 Å². The molecule has 4 heterocycles. The van der Waals surface area contributed by atoms with E-state index in [9.17, 15) is 9.59 Å². The Bertz CT molecular complexity index is 637. The summed E-state index contributed by atoms with van der Waals surface area (Å²) in [5.74, 6) is -0.732. The van der Waals surface area contributed by atoms with Crippen LogP contribution in [0.2, 0.25) is 0 Å². The molecule has 4 atom stereocenters. The van der Waals surface area contributed by atoms with E-state index in [-0.39, 0.29) is 18.0 Å². The molecular formula is C16H17NO5. The highest BCUT2D eigenvalue weighted by molar-refractivity contribution is 5.91. The van der Waals surface area contributed by atoms with Gasteiger partial charge in [0.25, 0.3) is 0 Å². The van der Waals surface area contributed by atoms with Gasteiger partial charge >= 0.3 is 5.97 Å². The highest BCUT2D eigenvalue weighted by Gasteiger charge is 2.67. The van der Waals surface area contributed by atoms with E-state index in [1.165, 1.54) is 0 Å². The fourth-order valence-corrected chi connectivity index (χ4v) is 3.81. The van der Waals surface area contributed by atoms with Crippen molar-refractivity contribution in [3.05, 3.63) is 36.3 Å². The first kappa shape index (κ1) is 13.6. The van der Waals surface area contributed by atoms with E-state index in [0.29, 0.717) is 19.7 Å². The lowest BCUT2D eigenvalue weighted by molar-refractivity contribution is -0.153. The summed E-state index contributed by atoms with van der Waals surface area (Å²) in [4.78, 5) is 26.7. The lowest BCUT2D eigenvalue weighted by Gasteiger charge is -2.22. The Hall–Kier alpha value is -2.08. The standard InChI is InChI=1S/C16H17NO5/c1-2-20-15(19)12-11-5-6-16(22-11)9-17(14(18)13(12)16)8-10-4-3-7-21-10/h3-7,11-13H,2,8-9H2,1H3/t11-,12+,13+,16+/m1/s1. The van der Waals surface area contributed by atoms with Crippen LogP contribution < -0.4 is 0 Å². The maximum atomic E-state index is 12.8. The van der Waals surface area contributed by atoms with Gasteiger partial charge in [0.05, 0.1) is 38.0 Å². The molecular weight excluding hydrogens is 286 g/mol. The molecule has 4 rings (SSSR count). The summed E-state index contributed by atoms with van der Waals surface area (Å²) in [6.07, 6.45) is 5.04. The molecule has 0 N–H and O–H groups in total. The fourth-order valence-electron chi connectivity index (χ4n) is 3.81. The third-order valence-electron chi connectivity index (χ3n) is 4.66. The number of hydrogen-bond acceptors (Lipinski definition) is 5. The van der Waals surface area contributed by atoms with Crippen LogP contribution in [0.5, 0.6) is 0 Å². The topological polar surface area (TPSA) is 69.0 Å². The first-order valence-corrected chi connectivity index (χ1v) is 7.49. The Balaban J connectivity index is 1.61. The molecule has 0 saturated carbocycles. The van der Waals surface area contributed by atoms with Crippen LogP contribution in [0.3, 0.4) is 0 Å². The second kappa shape index (κ2) is 4.71. The van der Waals surface area contributed by atoms with E-state index < -0.39 is 17.4 Å². The summed E-state index contributed by atoms with van der Waals surface area (Å²) in [6.45, 7) is 2.90. The quantitative estimate of drug-likeness (QED) is 0.616. The Morgan fingerprint density at radius 3 is 3.14 bits per heavy atom. The van der Waals surface area contributed by atoms with Gasteiger partial charge < -0.3 is 18.8 Å². The average molecular weight is 303 g/mol. The van der Waals surface area contributed by atoms with Crippen LogP contribution in [0.25, 0.3) is 0 Å². The number of fused-ring (bicyclic) bond motifs is 1. The van der Waals surface area contributed by atoms with Crippen LogP contribution in [0, 0.1) is 11.8 Å². The molecule has 0 unspecified atom stereocenters. The highest BCUT2D eigenvalue weighted by atomic mass is 16.6. The number of ether oxygens (including phenoxy) is 2. The van der Waals surface area contributed by atoms with Crippen molar-refractivity contribution in [1.29, 1.82) is 0 Å². The van der Waals surface area contributed by atoms with E-state index in [2.05, 4.69) is 0 Å². The number of nitrogens with zero attached hydrogens (tertiary/aromatic N) is 1. The summed E-state index contributed by atoms with van der Waals surface area (Å²) in [5.41, 5.74) is -0.689.